The summed E-state index contributed by atoms with van der Waals surface area (Å²) in [6, 6.07) is 0.0403. The fraction of sp³-hybridized carbons (Fsp3) is 0.583. The van der Waals surface area contributed by atoms with Gasteiger partial charge in [0.15, 0.2) is 5.56 Å². The number of fused-ring (bicyclic) bond motifs is 1. The van der Waals surface area contributed by atoms with E-state index in [1.165, 1.54) is 15.2 Å². The lowest BCUT2D eigenvalue weighted by atomic mass is 10.1. The molecule has 3 heterocycles. The topological polar surface area (TPSA) is 118 Å². The van der Waals surface area contributed by atoms with E-state index in [1.54, 1.807) is 25.0 Å². The molecule has 2 amide bonds. The van der Waals surface area contributed by atoms with Crippen LogP contribution in [0, 0.1) is 18.8 Å². The van der Waals surface area contributed by atoms with Crippen LogP contribution in [0.15, 0.2) is 10.9 Å². The number of nitrogens with zero attached hydrogens (tertiary/aromatic N) is 4. The van der Waals surface area contributed by atoms with Gasteiger partial charge in [-0.25, -0.2) is 0 Å². The van der Waals surface area contributed by atoms with Crippen LogP contribution in [0.1, 0.15) is 54.7 Å². The van der Waals surface area contributed by atoms with Gasteiger partial charge in [0, 0.05) is 50.3 Å². The Morgan fingerprint density at radius 3 is 2.68 bits per heavy atom. The molecule has 0 unspecified atom stereocenters. The summed E-state index contributed by atoms with van der Waals surface area (Å²) in [6.45, 7) is 7.94. The molecule has 2 aromatic rings. The third kappa shape index (κ3) is 4.72. The number of hydrogen-bond donors (Lipinski definition) is 2. The highest BCUT2D eigenvalue weighted by atomic mass is 16.5. The van der Waals surface area contributed by atoms with E-state index in [9.17, 15) is 19.5 Å². The minimum atomic E-state index is -0.593. The van der Waals surface area contributed by atoms with Gasteiger partial charge in [-0.1, -0.05) is 13.8 Å². The van der Waals surface area contributed by atoms with E-state index in [2.05, 4.69) is 10.4 Å². The van der Waals surface area contributed by atoms with Gasteiger partial charge in [0.2, 0.25) is 11.8 Å². The van der Waals surface area contributed by atoms with Crippen LogP contribution in [0.3, 0.4) is 0 Å². The van der Waals surface area contributed by atoms with Gasteiger partial charge >= 0.3 is 0 Å². The van der Waals surface area contributed by atoms with Gasteiger partial charge in [0.05, 0.1) is 12.3 Å². The normalized spacial score (nSPS) is 18.5. The summed E-state index contributed by atoms with van der Waals surface area (Å²) in [7, 11) is 1.66. The summed E-state index contributed by atoms with van der Waals surface area (Å²) in [5, 5.41) is 18.1. The van der Waals surface area contributed by atoms with E-state index in [1.807, 2.05) is 13.8 Å². The molecular weight excluding hydrogens is 438 g/mol. The van der Waals surface area contributed by atoms with Crippen molar-refractivity contribution in [2.24, 2.45) is 11.8 Å². The summed E-state index contributed by atoms with van der Waals surface area (Å²) in [4.78, 5) is 40.7. The van der Waals surface area contributed by atoms with E-state index in [0.29, 0.717) is 49.1 Å². The van der Waals surface area contributed by atoms with Crippen molar-refractivity contribution in [1.29, 1.82) is 0 Å². The SMILES string of the molecule is COC[C@H]1CCN(C(=O)/C=C/c2c(C)nn3c(O)c(C(=O)NC4CC4)c(=O)n(CC(C)C)c23)C1. The Kier molecular flexibility index (Phi) is 6.79. The average molecular weight is 472 g/mol. The molecule has 1 aliphatic carbocycles. The predicted octanol–water partition coefficient (Wildman–Crippen LogP) is 1.57. The van der Waals surface area contributed by atoms with Gasteiger partial charge in [-0.15, -0.1) is 0 Å². The van der Waals surface area contributed by atoms with Crippen LogP contribution in [0.25, 0.3) is 11.7 Å². The molecule has 2 fully saturated rings. The van der Waals surface area contributed by atoms with Crippen LogP contribution in [-0.2, 0) is 16.1 Å². The average Bonchev–Trinajstić information content (AvgIpc) is 3.34. The van der Waals surface area contributed by atoms with Crippen molar-refractivity contribution >= 4 is 23.5 Å². The Morgan fingerprint density at radius 2 is 2.03 bits per heavy atom. The zero-order valence-electron chi connectivity index (χ0n) is 20.2. The maximum atomic E-state index is 13.4. The number of carbonyl (C=O) groups excluding carboxylic acids is 2. The van der Waals surface area contributed by atoms with Crippen molar-refractivity contribution in [3.63, 3.8) is 0 Å². The second kappa shape index (κ2) is 9.61. The fourth-order valence-corrected chi connectivity index (χ4v) is 4.45. The number of carbonyl (C=O) groups is 2. The summed E-state index contributed by atoms with van der Waals surface area (Å²) in [5.41, 5.74) is 0.576. The van der Waals surface area contributed by atoms with Gasteiger partial charge in [0.25, 0.3) is 11.5 Å². The van der Waals surface area contributed by atoms with Crippen molar-refractivity contribution in [2.75, 3.05) is 26.8 Å². The largest absolute Gasteiger partial charge is 0.492 e. The van der Waals surface area contributed by atoms with Crippen molar-refractivity contribution in [3.8, 4) is 5.88 Å². The minimum Gasteiger partial charge on any atom is -0.492 e. The molecular formula is C24H33N5O5. The molecule has 10 heteroatoms. The Hall–Kier alpha value is -3.14. The first kappa shape index (κ1) is 24.0. The van der Waals surface area contributed by atoms with E-state index in [-0.39, 0.29) is 23.4 Å². The molecule has 1 atom stereocenters. The summed E-state index contributed by atoms with van der Waals surface area (Å²) >= 11 is 0. The van der Waals surface area contributed by atoms with E-state index < -0.39 is 17.3 Å². The van der Waals surface area contributed by atoms with E-state index >= 15 is 0 Å². The monoisotopic (exact) mass is 471 g/mol. The van der Waals surface area contributed by atoms with Gasteiger partial charge in [-0.3, -0.25) is 19.0 Å². The smallest absolute Gasteiger partial charge is 0.270 e. The van der Waals surface area contributed by atoms with Crippen LogP contribution < -0.4 is 10.9 Å². The second-order valence-electron chi connectivity index (χ2n) is 9.72. The third-order valence-corrected chi connectivity index (χ3v) is 6.30. The zero-order chi connectivity index (χ0) is 24.6. The molecule has 2 aliphatic rings. The highest BCUT2D eigenvalue weighted by Gasteiger charge is 2.30. The molecule has 0 aromatic carbocycles. The molecule has 2 N–H and O–H groups in total. The molecule has 4 rings (SSSR count). The number of methoxy groups -OCH3 is 1. The first-order chi connectivity index (χ1) is 16.2. The Bertz CT molecular complexity index is 1190. The summed E-state index contributed by atoms with van der Waals surface area (Å²) in [5.74, 6) is -0.783. The van der Waals surface area contributed by atoms with Crippen molar-refractivity contribution in [1.82, 2.24) is 24.4 Å². The molecule has 1 saturated carbocycles. The van der Waals surface area contributed by atoms with Crippen LogP contribution >= 0.6 is 0 Å². The quantitative estimate of drug-likeness (QED) is 0.564. The number of nitrogens with one attached hydrogen (secondary N) is 1. The zero-order valence-corrected chi connectivity index (χ0v) is 20.2. The van der Waals surface area contributed by atoms with Crippen molar-refractivity contribution < 1.29 is 19.4 Å². The summed E-state index contributed by atoms with van der Waals surface area (Å²) < 4.78 is 7.91. The number of ether oxygens (including phenoxy) is 1. The van der Waals surface area contributed by atoms with Gasteiger partial charge in [0.1, 0.15) is 5.65 Å². The van der Waals surface area contributed by atoms with E-state index in [4.69, 9.17) is 4.74 Å². The Morgan fingerprint density at radius 1 is 1.29 bits per heavy atom. The first-order valence-electron chi connectivity index (χ1n) is 11.8. The van der Waals surface area contributed by atoms with Gasteiger partial charge < -0.3 is 20.1 Å². The molecule has 184 valence electrons. The molecule has 1 aliphatic heterocycles. The third-order valence-electron chi connectivity index (χ3n) is 6.30. The minimum absolute atomic E-state index is 0.0403. The standard InChI is InChI=1S/C24H33N5O5/c1-14(2)11-28-22-18(7-8-19(30)27-10-9-16(12-27)13-34-4)15(3)26-29(22)24(33)20(23(28)32)21(31)25-17-5-6-17/h7-8,14,16-17,33H,5-6,9-13H2,1-4H3,(H,25,31)/b8-7+/t16-/m0/s1. The molecule has 0 bridgehead atoms. The number of hydrogen-bond acceptors (Lipinski definition) is 6. The Balaban J connectivity index is 1.73. The number of amides is 2. The highest BCUT2D eigenvalue weighted by Crippen LogP contribution is 2.25. The van der Waals surface area contributed by atoms with Crippen molar-refractivity contribution in [2.45, 2.75) is 52.6 Å². The van der Waals surface area contributed by atoms with Crippen LogP contribution in [0.2, 0.25) is 0 Å². The van der Waals surface area contributed by atoms with Crippen LogP contribution in [0.5, 0.6) is 5.88 Å². The fourth-order valence-electron chi connectivity index (χ4n) is 4.45. The maximum Gasteiger partial charge on any atom is 0.270 e. The number of aromatic hydroxyl groups is 1. The number of aryl methyl sites for hydroxylation is 1. The van der Waals surface area contributed by atoms with Crippen molar-refractivity contribution in [3.05, 3.63) is 33.3 Å². The van der Waals surface area contributed by atoms with Crippen LogP contribution in [0.4, 0.5) is 0 Å². The number of rotatable bonds is 8. The van der Waals surface area contributed by atoms with Gasteiger partial charge in [-0.05, 0) is 38.2 Å². The molecule has 1 saturated heterocycles. The maximum absolute atomic E-state index is 13.4. The molecule has 0 spiro atoms. The first-order valence-corrected chi connectivity index (χ1v) is 11.8. The molecule has 0 radical (unpaired) electrons. The number of likely N-dealkylation sites (tertiary alicyclic amines) is 1. The number of aromatic nitrogens is 3. The molecule has 2 aromatic heterocycles. The Labute approximate surface area is 198 Å². The predicted molar refractivity (Wildman–Crippen MR) is 127 cm³/mol. The molecule has 34 heavy (non-hydrogen) atoms. The second-order valence-corrected chi connectivity index (χ2v) is 9.72. The van der Waals surface area contributed by atoms with Gasteiger partial charge in [-0.2, -0.15) is 9.61 Å². The lowest BCUT2D eigenvalue weighted by Crippen LogP contribution is -2.36. The lowest BCUT2D eigenvalue weighted by Gasteiger charge is -2.15. The van der Waals surface area contributed by atoms with E-state index in [0.717, 1.165) is 19.3 Å². The summed E-state index contributed by atoms with van der Waals surface area (Å²) in [6.07, 6.45) is 5.75. The lowest BCUT2D eigenvalue weighted by molar-refractivity contribution is -0.125. The highest BCUT2D eigenvalue weighted by molar-refractivity contribution is 5.97. The van der Waals surface area contributed by atoms with Crippen LogP contribution in [-0.4, -0.2) is 68.9 Å². The molecule has 10 nitrogen and oxygen atoms in total.